The summed E-state index contributed by atoms with van der Waals surface area (Å²) in [6, 6.07) is 33.4. The average Bonchev–Trinajstić information content (AvgIpc) is 3.35. The molecule has 0 aliphatic rings. The van der Waals surface area contributed by atoms with E-state index in [1.807, 2.05) is 72.1 Å². The molecular formula is C59H86O6S2. The lowest BCUT2D eigenvalue weighted by Crippen LogP contribution is -2.26. The molecule has 0 unspecified atom stereocenters. The van der Waals surface area contributed by atoms with Crippen LogP contribution in [0.15, 0.2) is 107 Å². The predicted molar refractivity (Wildman–Crippen MR) is 287 cm³/mol. The summed E-state index contributed by atoms with van der Waals surface area (Å²) in [6.07, 6.45) is 24.7. The Balaban J connectivity index is 0.000000355. The van der Waals surface area contributed by atoms with E-state index in [-0.39, 0.29) is 11.9 Å². The molecule has 4 aromatic carbocycles. The van der Waals surface area contributed by atoms with Crippen molar-refractivity contribution in [3.05, 3.63) is 97.1 Å². The van der Waals surface area contributed by atoms with Gasteiger partial charge in [-0.25, -0.2) is 9.59 Å². The Hall–Kier alpha value is -3.88. The van der Waals surface area contributed by atoms with E-state index in [0.717, 1.165) is 36.8 Å². The smallest absolute Gasteiger partial charge is 0.347 e. The van der Waals surface area contributed by atoms with Crippen molar-refractivity contribution in [2.24, 2.45) is 0 Å². The molecule has 4 rings (SSSR count). The fraction of sp³-hybridized carbons (Fsp3) is 0.559. The van der Waals surface area contributed by atoms with Crippen molar-refractivity contribution in [2.75, 3.05) is 24.7 Å². The van der Waals surface area contributed by atoms with Crippen LogP contribution >= 0.6 is 23.5 Å². The predicted octanol–water partition coefficient (Wildman–Crippen LogP) is 17.8. The Bertz CT molecular complexity index is 1830. The lowest BCUT2D eigenvalue weighted by molar-refractivity contribution is -0.152. The van der Waals surface area contributed by atoms with Gasteiger partial charge in [-0.15, -0.1) is 23.5 Å². The first-order chi connectivity index (χ1) is 32.8. The van der Waals surface area contributed by atoms with Crippen LogP contribution in [0, 0.1) is 0 Å². The van der Waals surface area contributed by atoms with Crippen LogP contribution in [0.5, 0.6) is 11.5 Å². The summed E-state index contributed by atoms with van der Waals surface area (Å²) in [6.45, 7) is 13.4. The third kappa shape index (κ3) is 25.9. The first kappa shape index (κ1) is 57.4. The fourth-order valence-corrected chi connectivity index (χ4v) is 9.23. The second kappa shape index (κ2) is 37.1. The van der Waals surface area contributed by atoms with E-state index < -0.39 is 12.2 Å². The third-order valence-corrected chi connectivity index (χ3v) is 13.8. The molecule has 0 saturated carbocycles. The number of esters is 2. The summed E-state index contributed by atoms with van der Waals surface area (Å²) in [5.74, 6) is 3.15. The molecule has 0 bridgehead atoms. The summed E-state index contributed by atoms with van der Waals surface area (Å²) in [5, 5.41) is 0. The maximum atomic E-state index is 12.2. The molecule has 4 aromatic rings. The molecule has 8 heteroatoms. The van der Waals surface area contributed by atoms with Crippen molar-refractivity contribution in [2.45, 2.75) is 198 Å². The van der Waals surface area contributed by atoms with E-state index in [1.165, 1.54) is 142 Å². The topological polar surface area (TPSA) is 71.1 Å². The van der Waals surface area contributed by atoms with Gasteiger partial charge in [-0.1, -0.05) is 185 Å². The molecule has 2 atom stereocenters. The number of benzene rings is 4. The number of hydrogen-bond acceptors (Lipinski definition) is 8. The first-order valence-corrected chi connectivity index (χ1v) is 28.1. The Morgan fingerprint density at radius 1 is 0.373 bits per heavy atom. The Labute approximate surface area is 415 Å². The number of carbonyl (C=O) groups excluding carboxylic acids is 2. The largest absolute Gasteiger partial charge is 0.479 e. The minimum Gasteiger partial charge on any atom is -0.479 e. The molecule has 0 spiro atoms. The molecule has 0 fully saturated rings. The summed E-state index contributed by atoms with van der Waals surface area (Å²) < 4.78 is 22.3. The summed E-state index contributed by atoms with van der Waals surface area (Å²) >= 11 is 3.88. The third-order valence-electron chi connectivity index (χ3n) is 11.6. The fourth-order valence-electron chi connectivity index (χ4n) is 7.40. The highest BCUT2D eigenvalue weighted by Crippen LogP contribution is 2.29. The summed E-state index contributed by atoms with van der Waals surface area (Å²) in [4.78, 5) is 27.0. The van der Waals surface area contributed by atoms with E-state index in [4.69, 9.17) is 18.9 Å². The van der Waals surface area contributed by atoms with Gasteiger partial charge in [-0.05, 0) is 122 Å². The highest BCUT2D eigenvalue weighted by Gasteiger charge is 2.17. The molecule has 0 amide bonds. The van der Waals surface area contributed by atoms with Gasteiger partial charge in [0.05, 0.1) is 13.2 Å². The molecule has 0 N–H and O–H groups in total. The molecular weight excluding hydrogens is 869 g/mol. The molecule has 0 aromatic heterocycles. The first-order valence-electron chi connectivity index (χ1n) is 26.1. The van der Waals surface area contributed by atoms with E-state index in [1.54, 1.807) is 13.8 Å². The number of ether oxygens (including phenoxy) is 4. The van der Waals surface area contributed by atoms with Gasteiger partial charge < -0.3 is 18.9 Å². The number of carbonyl (C=O) groups is 2. The van der Waals surface area contributed by atoms with Crippen LogP contribution in [0.25, 0.3) is 22.3 Å². The normalized spacial score (nSPS) is 11.9. The van der Waals surface area contributed by atoms with Crippen molar-refractivity contribution in [1.29, 1.82) is 0 Å². The van der Waals surface area contributed by atoms with Gasteiger partial charge >= 0.3 is 11.9 Å². The van der Waals surface area contributed by atoms with Gasteiger partial charge in [0.1, 0.15) is 11.5 Å². The van der Waals surface area contributed by atoms with Crippen molar-refractivity contribution in [1.82, 2.24) is 0 Å². The van der Waals surface area contributed by atoms with Gasteiger partial charge in [0.25, 0.3) is 0 Å². The maximum Gasteiger partial charge on any atom is 0.347 e. The second-order valence-electron chi connectivity index (χ2n) is 17.7. The molecule has 0 saturated heterocycles. The van der Waals surface area contributed by atoms with Crippen LogP contribution in [0.3, 0.4) is 0 Å². The molecule has 0 radical (unpaired) electrons. The monoisotopic (exact) mass is 955 g/mol. The van der Waals surface area contributed by atoms with Crippen LogP contribution in [-0.2, 0) is 19.1 Å². The molecule has 0 aliphatic carbocycles. The maximum absolute atomic E-state index is 12.2. The van der Waals surface area contributed by atoms with Gasteiger partial charge in [-0.2, -0.15) is 0 Å². The summed E-state index contributed by atoms with van der Waals surface area (Å²) in [5.41, 5.74) is 4.65. The van der Waals surface area contributed by atoms with Crippen LogP contribution in [-0.4, -0.2) is 48.9 Å². The van der Waals surface area contributed by atoms with E-state index in [2.05, 4.69) is 76.2 Å². The molecule has 370 valence electrons. The zero-order chi connectivity index (χ0) is 48.2. The lowest BCUT2D eigenvalue weighted by Gasteiger charge is -2.14. The zero-order valence-corrected chi connectivity index (χ0v) is 44.0. The minimum atomic E-state index is -0.607. The number of rotatable bonds is 35. The Morgan fingerprint density at radius 2 is 0.642 bits per heavy atom. The molecule has 6 nitrogen and oxygen atoms in total. The molecule has 0 aliphatic heterocycles. The van der Waals surface area contributed by atoms with E-state index in [0.29, 0.717) is 24.7 Å². The quantitative estimate of drug-likeness (QED) is 0.0257. The van der Waals surface area contributed by atoms with Crippen molar-refractivity contribution >= 4 is 35.5 Å². The van der Waals surface area contributed by atoms with E-state index >= 15 is 0 Å². The van der Waals surface area contributed by atoms with Gasteiger partial charge in [0.15, 0.2) is 12.2 Å². The van der Waals surface area contributed by atoms with Gasteiger partial charge in [0.2, 0.25) is 0 Å². The summed E-state index contributed by atoms with van der Waals surface area (Å²) in [7, 11) is 0. The standard InChI is InChI=1S/C30H44O3S.C29H42O3S/c1-4-6-8-10-11-13-23-32-30(31)25(3)33-28-19-15-26(16-20-28)27-17-21-29(22-18-27)34-24-14-12-9-7-5-2;1-4-6-8-10-11-12-22-31-29(30)24(3)32-27-18-14-25(15-19-27)26-16-20-28(21-17-26)33-23-13-9-7-5-2/h15-22,25H,4-14,23-24H2,1-3H3;14-21,24H,4-13,22-23H2,1-3H3/t25-;24-/m11/s1. The highest BCUT2D eigenvalue weighted by molar-refractivity contribution is 7.99. The Morgan fingerprint density at radius 3 is 0.970 bits per heavy atom. The average molecular weight is 955 g/mol. The van der Waals surface area contributed by atoms with Crippen molar-refractivity contribution in [3.63, 3.8) is 0 Å². The highest BCUT2D eigenvalue weighted by atomic mass is 32.2. The molecule has 67 heavy (non-hydrogen) atoms. The van der Waals surface area contributed by atoms with Gasteiger partial charge in [-0.3, -0.25) is 0 Å². The van der Waals surface area contributed by atoms with Crippen LogP contribution in [0.2, 0.25) is 0 Å². The van der Waals surface area contributed by atoms with Gasteiger partial charge in [0, 0.05) is 9.79 Å². The van der Waals surface area contributed by atoms with Crippen LogP contribution in [0.4, 0.5) is 0 Å². The zero-order valence-electron chi connectivity index (χ0n) is 42.3. The van der Waals surface area contributed by atoms with Crippen LogP contribution < -0.4 is 9.47 Å². The number of hydrogen-bond donors (Lipinski definition) is 0. The number of thioether (sulfide) groups is 2. The SMILES string of the molecule is CCCCCCCCOC(=O)[C@@H](C)Oc1ccc(-c2ccc(SCCCCCC)cc2)cc1.CCCCCCCCOC(=O)[C@@H](C)Oc1ccc(-c2ccc(SCCCCCCC)cc2)cc1. The molecule has 0 heterocycles. The minimum absolute atomic E-state index is 0.295. The van der Waals surface area contributed by atoms with Crippen molar-refractivity contribution < 1.29 is 28.5 Å². The Kier molecular flexibility index (Phi) is 31.8. The van der Waals surface area contributed by atoms with Crippen molar-refractivity contribution in [3.8, 4) is 33.8 Å². The van der Waals surface area contributed by atoms with E-state index in [9.17, 15) is 9.59 Å². The lowest BCUT2D eigenvalue weighted by atomic mass is 10.1. The number of unbranched alkanes of at least 4 members (excludes halogenated alkanes) is 17. The van der Waals surface area contributed by atoms with Crippen LogP contribution in [0.1, 0.15) is 176 Å². The second-order valence-corrected chi connectivity index (χ2v) is 20.0.